The monoisotopic (exact) mass is 272 g/mol. The van der Waals surface area contributed by atoms with Crippen LogP contribution in [0.3, 0.4) is 0 Å². The summed E-state index contributed by atoms with van der Waals surface area (Å²) in [5.74, 6) is -0.0105. The van der Waals surface area contributed by atoms with Crippen LogP contribution in [0.1, 0.15) is 26.7 Å². The maximum absolute atomic E-state index is 11.7. The molecule has 2 N–H and O–H groups in total. The lowest BCUT2D eigenvalue weighted by Crippen LogP contribution is -2.52. The lowest BCUT2D eigenvalue weighted by molar-refractivity contribution is -0.132. The highest BCUT2D eigenvalue weighted by Gasteiger charge is 2.26. The summed E-state index contributed by atoms with van der Waals surface area (Å²) in [4.78, 5) is 22.8. The number of nitrogens with one attached hydrogen (secondary N) is 2. The smallest absolute Gasteiger partial charge is 0.245 e. The van der Waals surface area contributed by atoms with Gasteiger partial charge in [0, 0.05) is 27.2 Å². The Hall–Kier alpha value is -1.14. The summed E-state index contributed by atoms with van der Waals surface area (Å²) < 4.78 is 11.0. The van der Waals surface area contributed by atoms with Crippen molar-refractivity contribution in [2.45, 2.75) is 38.8 Å². The zero-order chi connectivity index (χ0) is 14.3. The van der Waals surface area contributed by atoms with Crippen molar-refractivity contribution in [3.63, 3.8) is 0 Å². The van der Waals surface area contributed by atoms with Gasteiger partial charge in [-0.3, -0.25) is 9.59 Å². The fraction of sp³-hybridized carbons (Fsp3) is 0.846. The molecule has 0 radical (unpaired) electrons. The number of carbonyl (C=O) groups is 2. The maximum atomic E-state index is 11.7. The minimum absolute atomic E-state index is 0.241. The fourth-order valence-electron chi connectivity index (χ4n) is 2.07. The van der Waals surface area contributed by atoms with Crippen LogP contribution >= 0.6 is 0 Å². The summed E-state index contributed by atoms with van der Waals surface area (Å²) in [6, 6.07) is -0.651. The standard InChI is InChI=1S/C13H24N2O4/c1-9(12(13(17)14-3)15-10(2)16)19-8-11-4-6-18-7-5-11/h9,11-12H,4-8H2,1-3H3,(H,14,17)(H,15,16). The molecule has 6 nitrogen and oxygen atoms in total. The van der Waals surface area contributed by atoms with Gasteiger partial charge < -0.3 is 20.1 Å². The van der Waals surface area contributed by atoms with Gasteiger partial charge in [0.1, 0.15) is 6.04 Å². The molecule has 1 heterocycles. The number of hydrogen-bond donors (Lipinski definition) is 2. The molecule has 1 aliphatic rings. The van der Waals surface area contributed by atoms with E-state index in [9.17, 15) is 9.59 Å². The van der Waals surface area contributed by atoms with Crippen LogP contribution < -0.4 is 10.6 Å². The van der Waals surface area contributed by atoms with E-state index in [4.69, 9.17) is 9.47 Å². The van der Waals surface area contributed by atoms with Crippen LogP contribution in [0.25, 0.3) is 0 Å². The van der Waals surface area contributed by atoms with Gasteiger partial charge in [0.2, 0.25) is 11.8 Å². The van der Waals surface area contributed by atoms with Crippen LogP contribution in [0, 0.1) is 5.92 Å². The Bertz CT molecular complexity index is 303. The molecule has 1 saturated heterocycles. The Morgan fingerprint density at radius 3 is 2.53 bits per heavy atom. The minimum Gasteiger partial charge on any atom is -0.381 e. The summed E-state index contributed by atoms with van der Waals surface area (Å²) in [6.45, 7) is 5.33. The van der Waals surface area contributed by atoms with Crippen molar-refractivity contribution in [1.82, 2.24) is 10.6 Å². The van der Waals surface area contributed by atoms with Crippen LogP contribution in [0.4, 0.5) is 0 Å². The second-order valence-corrected chi connectivity index (χ2v) is 4.89. The van der Waals surface area contributed by atoms with Crippen molar-refractivity contribution in [1.29, 1.82) is 0 Å². The minimum atomic E-state index is -0.651. The lowest BCUT2D eigenvalue weighted by Gasteiger charge is -2.27. The SMILES string of the molecule is CNC(=O)C(NC(C)=O)C(C)OCC1CCOCC1. The molecule has 6 heteroatoms. The summed E-state index contributed by atoms with van der Waals surface area (Å²) >= 11 is 0. The van der Waals surface area contributed by atoms with E-state index in [-0.39, 0.29) is 17.9 Å². The fourth-order valence-corrected chi connectivity index (χ4v) is 2.07. The van der Waals surface area contributed by atoms with Gasteiger partial charge in [-0.25, -0.2) is 0 Å². The Labute approximate surface area is 114 Å². The van der Waals surface area contributed by atoms with Gasteiger partial charge >= 0.3 is 0 Å². The predicted molar refractivity (Wildman–Crippen MR) is 70.6 cm³/mol. The molecule has 110 valence electrons. The van der Waals surface area contributed by atoms with Crippen LogP contribution in [-0.4, -0.2) is 50.8 Å². The first-order valence-electron chi connectivity index (χ1n) is 6.72. The molecule has 0 aromatic carbocycles. The molecule has 1 aliphatic heterocycles. The molecule has 0 aromatic rings. The number of amides is 2. The molecule has 19 heavy (non-hydrogen) atoms. The van der Waals surface area contributed by atoms with Gasteiger partial charge in [0.15, 0.2) is 0 Å². The average molecular weight is 272 g/mol. The third kappa shape index (κ3) is 5.57. The number of likely N-dealkylation sites (N-methyl/N-ethyl adjacent to an activating group) is 1. The van der Waals surface area contributed by atoms with Crippen molar-refractivity contribution in [2.75, 3.05) is 26.9 Å². The van der Waals surface area contributed by atoms with Gasteiger partial charge in [-0.05, 0) is 25.7 Å². The van der Waals surface area contributed by atoms with Gasteiger partial charge in [0.25, 0.3) is 0 Å². The van der Waals surface area contributed by atoms with Crippen LogP contribution in [0.2, 0.25) is 0 Å². The molecule has 0 saturated carbocycles. The molecule has 0 aromatic heterocycles. The van der Waals surface area contributed by atoms with E-state index >= 15 is 0 Å². The van der Waals surface area contributed by atoms with Crippen LogP contribution in [0.15, 0.2) is 0 Å². The Kier molecular flexibility index (Phi) is 6.80. The molecule has 0 spiro atoms. The number of carbonyl (C=O) groups excluding carboxylic acids is 2. The zero-order valence-corrected chi connectivity index (χ0v) is 11.9. The largest absolute Gasteiger partial charge is 0.381 e. The summed E-state index contributed by atoms with van der Waals surface area (Å²) in [5.41, 5.74) is 0. The second kappa shape index (κ2) is 8.12. The average Bonchev–Trinajstić information content (AvgIpc) is 2.42. The molecule has 0 aliphatic carbocycles. The molecule has 2 unspecified atom stereocenters. The first-order valence-corrected chi connectivity index (χ1v) is 6.72. The molecule has 1 rings (SSSR count). The van der Waals surface area contributed by atoms with Gasteiger partial charge in [-0.1, -0.05) is 0 Å². The molecular formula is C13H24N2O4. The van der Waals surface area contributed by atoms with Crippen molar-refractivity contribution in [3.05, 3.63) is 0 Å². The molecular weight excluding hydrogens is 248 g/mol. The third-order valence-electron chi connectivity index (χ3n) is 3.29. The predicted octanol–water partition coefficient (Wildman–Crippen LogP) is 0.0688. The van der Waals surface area contributed by atoms with Crippen molar-refractivity contribution >= 4 is 11.8 Å². The van der Waals surface area contributed by atoms with Crippen molar-refractivity contribution in [3.8, 4) is 0 Å². The van der Waals surface area contributed by atoms with Gasteiger partial charge in [-0.15, -0.1) is 0 Å². The number of hydrogen-bond acceptors (Lipinski definition) is 4. The van der Waals surface area contributed by atoms with Gasteiger partial charge in [0.05, 0.1) is 12.7 Å². The highest BCUT2D eigenvalue weighted by molar-refractivity contribution is 5.87. The molecule has 1 fully saturated rings. The quantitative estimate of drug-likeness (QED) is 0.717. The lowest BCUT2D eigenvalue weighted by atomic mass is 10.0. The van der Waals surface area contributed by atoms with E-state index in [0.717, 1.165) is 26.1 Å². The summed E-state index contributed by atoms with van der Waals surface area (Å²) in [6.07, 6.45) is 1.61. The first kappa shape index (κ1) is 15.9. The van der Waals surface area contributed by atoms with Gasteiger partial charge in [-0.2, -0.15) is 0 Å². The van der Waals surface area contributed by atoms with E-state index in [1.807, 2.05) is 0 Å². The summed E-state index contributed by atoms with van der Waals surface area (Å²) in [5, 5.41) is 5.15. The second-order valence-electron chi connectivity index (χ2n) is 4.89. The highest BCUT2D eigenvalue weighted by Crippen LogP contribution is 2.16. The van der Waals surface area contributed by atoms with Crippen molar-refractivity contribution in [2.24, 2.45) is 5.92 Å². The van der Waals surface area contributed by atoms with Crippen LogP contribution in [-0.2, 0) is 19.1 Å². The van der Waals surface area contributed by atoms with E-state index < -0.39 is 6.04 Å². The Balaban J connectivity index is 2.43. The normalized spacial score (nSPS) is 19.5. The number of rotatable bonds is 6. The van der Waals surface area contributed by atoms with E-state index in [2.05, 4.69) is 10.6 Å². The van der Waals surface area contributed by atoms with E-state index in [1.54, 1.807) is 14.0 Å². The Morgan fingerprint density at radius 1 is 1.37 bits per heavy atom. The third-order valence-corrected chi connectivity index (χ3v) is 3.29. The maximum Gasteiger partial charge on any atom is 0.245 e. The van der Waals surface area contributed by atoms with Crippen molar-refractivity contribution < 1.29 is 19.1 Å². The summed E-state index contributed by atoms with van der Waals surface area (Å²) in [7, 11) is 1.54. The van der Waals surface area contributed by atoms with E-state index in [1.165, 1.54) is 6.92 Å². The molecule has 2 atom stereocenters. The first-order chi connectivity index (χ1) is 9.04. The molecule has 2 amide bonds. The highest BCUT2D eigenvalue weighted by atomic mass is 16.5. The van der Waals surface area contributed by atoms with Crippen LogP contribution in [0.5, 0.6) is 0 Å². The number of ether oxygens (including phenoxy) is 2. The molecule has 0 bridgehead atoms. The zero-order valence-electron chi connectivity index (χ0n) is 11.9. The van der Waals surface area contributed by atoms with E-state index in [0.29, 0.717) is 12.5 Å². The topological polar surface area (TPSA) is 76.7 Å². The Morgan fingerprint density at radius 2 is 2.00 bits per heavy atom.